The molecule has 0 aliphatic heterocycles. The first kappa shape index (κ1) is 15.6. The topological polar surface area (TPSA) is 46.8 Å². The number of rotatable bonds is 5. The van der Waals surface area contributed by atoms with Crippen molar-refractivity contribution >= 4 is 17.2 Å². The number of aliphatic hydroxyl groups is 1. The molecule has 118 valence electrons. The predicted octanol–water partition coefficient (Wildman–Crippen LogP) is 4.10. The van der Waals surface area contributed by atoms with Gasteiger partial charge in [-0.2, -0.15) is 0 Å². The van der Waals surface area contributed by atoms with Gasteiger partial charge in [-0.1, -0.05) is 18.2 Å². The van der Waals surface area contributed by atoms with Gasteiger partial charge in [0.05, 0.1) is 23.0 Å². The van der Waals surface area contributed by atoms with Crippen LogP contribution in [-0.4, -0.2) is 21.1 Å². The van der Waals surface area contributed by atoms with Crippen LogP contribution in [0.15, 0.2) is 54.7 Å². The molecule has 0 amide bonds. The molecule has 0 saturated heterocycles. The van der Waals surface area contributed by atoms with Gasteiger partial charge in [0, 0.05) is 11.8 Å². The van der Waals surface area contributed by atoms with Crippen molar-refractivity contribution in [3.63, 3.8) is 0 Å². The smallest absolute Gasteiger partial charge is 0.137 e. The molecule has 0 aliphatic carbocycles. The third-order valence-electron chi connectivity index (χ3n) is 3.44. The van der Waals surface area contributed by atoms with E-state index in [4.69, 9.17) is 16.3 Å². The number of aliphatic hydroxyl groups excluding tert-OH is 1. The molecule has 0 spiro atoms. The third-order valence-corrected chi connectivity index (χ3v) is 3.67. The first-order valence-corrected chi connectivity index (χ1v) is 7.61. The zero-order chi connectivity index (χ0) is 16.4. The highest BCUT2D eigenvalue weighted by Crippen LogP contribution is 2.27. The first-order valence-electron chi connectivity index (χ1n) is 7.23. The molecule has 23 heavy (non-hydrogen) atoms. The second-order valence-corrected chi connectivity index (χ2v) is 5.85. The Morgan fingerprint density at radius 3 is 2.65 bits per heavy atom. The minimum atomic E-state index is -0.120. The van der Waals surface area contributed by atoms with Crippen molar-refractivity contribution in [3.8, 4) is 17.0 Å². The van der Waals surface area contributed by atoms with Crippen molar-refractivity contribution in [2.75, 3.05) is 6.61 Å². The fourth-order valence-corrected chi connectivity index (χ4v) is 2.53. The molecule has 0 saturated carbocycles. The quantitative estimate of drug-likeness (QED) is 0.717. The summed E-state index contributed by atoms with van der Waals surface area (Å²) in [7, 11) is 0. The summed E-state index contributed by atoms with van der Waals surface area (Å²) in [5, 5.41) is 10.3. The maximum Gasteiger partial charge on any atom is 0.137 e. The standard InChI is InChI=1S/C18H17ClN2O2/c1-12(2)11-23-15-6-3-13(4-7-15)18-16(10-22)21-9-14(19)5-8-17(21)20-18/h3-9,22H,1,10-11H2,2H3. The van der Waals surface area contributed by atoms with Crippen molar-refractivity contribution < 1.29 is 9.84 Å². The summed E-state index contributed by atoms with van der Waals surface area (Å²) in [6, 6.07) is 11.2. The van der Waals surface area contributed by atoms with Gasteiger partial charge in [-0.25, -0.2) is 4.98 Å². The Morgan fingerprint density at radius 2 is 2.00 bits per heavy atom. The van der Waals surface area contributed by atoms with Gasteiger partial charge < -0.3 is 9.84 Å². The molecule has 0 bridgehead atoms. The lowest BCUT2D eigenvalue weighted by atomic mass is 10.1. The summed E-state index contributed by atoms with van der Waals surface area (Å²) in [6.45, 7) is 6.11. The second kappa shape index (κ2) is 6.44. The van der Waals surface area contributed by atoms with Crippen molar-refractivity contribution in [1.82, 2.24) is 9.38 Å². The molecular weight excluding hydrogens is 312 g/mol. The Bertz CT molecular complexity index is 853. The Kier molecular flexibility index (Phi) is 4.37. The van der Waals surface area contributed by atoms with Crippen LogP contribution in [0.2, 0.25) is 5.02 Å². The van der Waals surface area contributed by atoms with Crippen LogP contribution in [0.1, 0.15) is 12.6 Å². The van der Waals surface area contributed by atoms with Crippen molar-refractivity contribution in [2.24, 2.45) is 0 Å². The van der Waals surface area contributed by atoms with Crippen LogP contribution in [0.3, 0.4) is 0 Å². The van der Waals surface area contributed by atoms with Crippen LogP contribution in [0, 0.1) is 0 Å². The Hall–Kier alpha value is -2.30. The molecule has 0 aliphatic rings. The molecular formula is C18H17ClN2O2. The largest absolute Gasteiger partial charge is 0.489 e. The maximum atomic E-state index is 9.72. The van der Waals surface area contributed by atoms with Crippen LogP contribution in [0.5, 0.6) is 5.75 Å². The lowest BCUT2D eigenvalue weighted by Gasteiger charge is -2.07. The summed E-state index contributed by atoms with van der Waals surface area (Å²) in [5.41, 5.74) is 4.07. The number of ether oxygens (including phenoxy) is 1. The lowest BCUT2D eigenvalue weighted by molar-refractivity contribution is 0.276. The Labute approximate surface area is 139 Å². The van der Waals surface area contributed by atoms with E-state index in [1.165, 1.54) is 0 Å². The van der Waals surface area contributed by atoms with Gasteiger partial charge in [0.1, 0.15) is 18.0 Å². The number of imidazole rings is 1. The van der Waals surface area contributed by atoms with E-state index in [1.807, 2.05) is 41.7 Å². The summed E-state index contributed by atoms with van der Waals surface area (Å²) in [5.74, 6) is 0.772. The summed E-state index contributed by atoms with van der Waals surface area (Å²) >= 11 is 6.03. The van der Waals surface area contributed by atoms with Crippen LogP contribution in [0.4, 0.5) is 0 Å². The van der Waals surface area contributed by atoms with Gasteiger partial charge >= 0.3 is 0 Å². The predicted molar refractivity (Wildman–Crippen MR) is 91.9 cm³/mol. The molecule has 0 unspecified atom stereocenters. The average Bonchev–Trinajstić information content (AvgIpc) is 2.91. The molecule has 5 heteroatoms. The van der Waals surface area contributed by atoms with Crippen molar-refractivity contribution in [3.05, 3.63) is 65.5 Å². The molecule has 0 atom stereocenters. The van der Waals surface area contributed by atoms with E-state index in [0.29, 0.717) is 17.3 Å². The monoisotopic (exact) mass is 328 g/mol. The van der Waals surface area contributed by atoms with Crippen LogP contribution < -0.4 is 4.74 Å². The Morgan fingerprint density at radius 1 is 1.26 bits per heavy atom. The molecule has 2 heterocycles. The molecule has 3 rings (SSSR count). The molecule has 4 nitrogen and oxygen atoms in total. The zero-order valence-corrected chi connectivity index (χ0v) is 13.5. The summed E-state index contributed by atoms with van der Waals surface area (Å²) < 4.78 is 7.41. The molecule has 1 N–H and O–H groups in total. The van der Waals surface area contributed by atoms with Crippen molar-refractivity contribution in [2.45, 2.75) is 13.5 Å². The highest BCUT2D eigenvalue weighted by molar-refractivity contribution is 6.30. The summed E-state index contributed by atoms with van der Waals surface area (Å²) in [6.07, 6.45) is 1.75. The van der Waals surface area contributed by atoms with E-state index in [1.54, 1.807) is 12.3 Å². The van der Waals surface area contributed by atoms with E-state index >= 15 is 0 Å². The van der Waals surface area contributed by atoms with Crippen molar-refractivity contribution in [1.29, 1.82) is 0 Å². The molecule has 0 radical (unpaired) electrons. The number of nitrogens with zero attached hydrogens (tertiary/aromatic N) is 2. The fraction of sp³-hybridized carbons (Fsp3) is 0.167. The number of hydrogen-bond donors (Lipinski definition) is 1. The number of hydrogen-bond acceptors (Lipinski definition) is 3. The van der Waals surface area contributed by atoms with Crippen LogP contribution in [0.25, 0.3) is 16.9 Å². The van der Waals surface area contributed by atoms with E-state index in [-0.39, 0.29) is 6.61 Å². The molecule has 3 aromatic rings. The molecule has 1 aromatic carbocycles. The van der Waals surface area contributed by atoms with E-state index in [9.17, 15) is 5.11 Å². The van der Waals surface area contributed by atoms with Gasteiger partial charge in [0.25, 0.3) is 0 Å². The minimum absolute atomic E-state index is 0.120. The van der Waals surface area contributed by atoms with E-state index in [0.717, 1.165) is 28.2 Å². The third kappa shape index (κ3) is 3.23. The normalized spacial score (nSPS) is 10.9. The molecule has 2 aromatic heterocycles. The van der Waals surface area contributed by atoms with Gasteiger partial charge in [-0.05, 0) is 48.9 Å². The van der Waals surface area contributed by atoms with Gasteiger partial charge in [0.15, 0.2) is 0 Å². The number of halogens is 1. The number of benzene rings is 1. The lowest BCUT2D eigenvalue weighted by Crippen LogP contribution is -1.97. The number of fused-ring (bicyclic) bond motifs is 1. The zero-order valence-electron chi connectivity index (χ0n) is 12.8. The highest BCUT2D eigenvalue weighted by atomic mass is 35.5. The average molecular weight is 329 g/mol. The molecule has 0 fully saturated rings. The Balaban J connectivity index is 1.98. The number of aromatic nitrogens is 2. The van der Waals surface area contributed by atoms with E-state index < -0.39 is 0 Å². The second-order valence-electron chi connectivity index (χ2n) is 5.41. The van der Waals surface area contributed by atoms with Crippen LogP contribution >= 0.6 is 11.6 Å². The van der Waals surface area contributed by atoms with Gasteiger partial charge in [-0.15, -0.1) is 0 Å². The summed E-state index contributed by atoms with van der Waals surface area (Å²) in [4.78, 5) is 4.59. The van der Waals surface area contributed by atoms with E-state index in [2.05, 4.69) is 11.6 Å². The van der Waals surface area contributed by atoms with Gasteiger partial charge in [-0.3, -0.25) is 4.40 Å². The SMILES string of the molecule is C=C(C)COc1ccc(-c2nc3ccc(Cl)cn3c2CO)cc1. The minimum Gasteiger partial charge on any atom is -0.489 e. The van der Waals surface area contributed by atoms with Crippen LogP contribution in [-0.2, 0) is 6.61 Å². The first-order chi connectivity index (χ1) is 11.1. The maximum absolute atomic E-state index is 9.72. The fourth-order valence-electron chi connectivity index (χ4n) is 2.37. The van der Waals surface area contributed by atoms with Gasteiger partial charge in [0.2, 0.25) is 0 Å². The number of pyridine rings is 1. The highest BCUT2D eigenvalue weighted by Gasteiger charge is 2.13.